The van der Waals surface area contributed by atoms with Crippen molar-refractivity contribution >= 4 is 5.78 Å². The first kappa shape index (κ1) is 12.6. The van der Waals surface area contributed by atoms with Crippen LogP contribution >= 0.6 is 0 Å². The SMILES string of the molecule is CC(C)C(C)C(=O)c1cnn(-c2ccccc2)c1. The molecule has 0 fully saturated rings. The van der Waals surface area contributed by atoms with Crippen molar-refractivity contribution in [3.8, 4) is 5.69 Å². The van der Waals surface area contributed by atoms with E-state index in [1.54, 1.807) is 17.1 Å². The van der Waals surface area contributed by atoms with E-state index in [-0.39, 0.29) is 11.7 Å². The van der Waals surface area contributed by atoms with Crippen LogP contribution in [0.5, 0.6) is 0 Å². The minimum Gasteiger partial charge on any atom is -0.294 e. The number of nitrogens with zero attached hydrogens (tertiary/aromatic N) is 2. The van der Waals surface area contributed by atoms with Gasteiger partial charge in [0.1, 0.15) is 0 Å². The van der Waals surface area contributed by atoms with Gasteiger partial charge in [0.05, 0.1) is 17.4 Å². The molecule has 0 aliphatic carbocycles. The van der Waals surface area contributed by atoms with E-state index in [0.29, 0.717) is 11.5 Å². The zero-order chi connectivity index (χ0) is 13.1. The van der Waals surface area contributed by atoms with Gasteiger partial charge < -0.3 is 0 Å². The van der Waals surface area contributed by atoms with Gasteiger partial charge in [-0.2, -0.15) is 5.10 Å². The van der Waals surface area contributed by atoms with Gasteiger partial charge in [0, 0.05) is 12.1 Å². The van der Waals surface area contributed by atoms with E-state index in [9.17, 15) is 4.79 Å². The molecule has 0 spiro atoms. The van der Waals surface area contributed by atoms with Gasteiger partial charge in [0.2, 0.25) is 0 Å². The van der Waals surface area contributed by atoms with Crippen LogP contribution in [0.4, 0.5) is 0 Å². The second kappa shape index (κ2) is 5.17. The van der Waals surface area contributed by atoms with Gasteiger partial charge in [-0.3, -0.25) is 4.79 Å². The van der Waals surface area contributed by atoms with Crippen LogP contribution in [0.25, 0.3) is 5.69 Å². The smallest absolute Gasteiger partial charge is 0.169 e. The Morgan fingerprint density at radius 3 is 2.44 bits per heavy atom. The molecule has 18 heavy (non-hydrogen) atoms. The molecule has 3 heteroatoms. The van der Waals surface area contributed by atoms with Crippen LogP contribution in [0, 0.1) is 11.8 Å². The Bertz CT molecular complexity index is 528. The molecule has 0 aliphatic heterocycles. The first-order valence-electron chi connectivity index (χ1n) is 6.24. The zero-order valence-corrected chi connectivity index (χ0v) is 11.0. The molecule has 0 amide bonds. The molecule has 0 bridgehead atoms. The number of para-hydroxylation sites is 1. The van der Waals surface area contributed by atoms with Crippen LogP contribution < -0.4 is 0 Å². The number of rotatable bonds is 4. The minimum absolute atomic E-state index is 0.0263. The van der Waals surface area contributed by atoms with E-state index in [4.69, 9.17) is 0 Å². The molecular weight excluding hydrogens is 224 g/mol. The molecule has 2 rings (SSSR count). The van der Waals surface area contributed by atoms with Crippen molar-refractivity contribution in [2.75, 3.05) is 0 Å². The van der Waals surface area contributed by atoms with Crippen molar-refractivity contribution in [2.24, 2.45) is 11.8 Å². The van der Waals surface area contributed by atoms with E-state index < -0.39 is 0 Å². The molecule has 1 aromatic heterocycles. The zero-order valence-electron chi connectivity index (χ0n) is 11.0. The van der Waals surface area contributed by atoms with E-state index in [1.807, 2.05) is 37.3 Å². The molecule has 94 valence electrons. The summed E-state index contributed by atoms with van der Waals surface area (Å²) in [4.78, 5) is 12.2. The van der Waals surface area contributed by atoms with Crippen LogP contribution in [-0.4, -0.2) is 15.6 Å². The lowest BCUT2D eigenvalue weighted by Crippen LogP contribution is -2.16. The summed E-state index contributed by atoms with van der Waals surface area (Å²) in [5, 5.41) is 4.25. The maximum atomic E-state index is 12.2. The predicted octanol–water partition coefficient (Wildman–Crippen LogP) is 3.35. The van der Waals surface area contributed by atoms with Crippen molar-refractivity contribution in [1.82, 2.24) is 9.78 Å². The number of benzene rings is 1. The molecule has 0 N–H and O–H groups in total. The Morgan fingerprint density at radius 1 is 1.17 bits per heavy atom. The highest BCUT2D eigenvalue weighted by Gasteiger charge is 2.19. The summed E-state index contributed by atoms with van der Waals surface area (Å²) in [6, 6.07) is 9.80. The fraction of sp³-hybridized carbons (Fsp3) is 0.333. The average Bonchev–Trinajstić information content (AvgIpc) is 2.87. The summed E-state index contributed by atoms with van der Waals surface area (Å²) in [6.07, 6.45) is 3.45. The number of hydrogen-bond acceptors (Lipinski definition) is 2. The normalized spacial score (nSPS) is 12.7. The maximum Gasteiger partial charge on any atom is 0.169 e. The van der Waals surface area contributed by atoms with Crippen molar-refractivity contribution < 1.29 is 4.79 Å². The quantitative estimate of drug-likeness (QED) is 0.771. The van der Waals surface area contributed by atoms with Crippen molar-refractivity contribution in [2.45, 2.75) is 20.8 Å². The Morgan fingerprint density at radius 2 is 1.83 bits per heavy atom. The first-order chi connectivity index (χ1) is 8.59. The Kier molecular flexibility index (Phi) is 3.60. The van der Waals surface area contributed by atoms with Gasteiger partial charge in [-0.15, -0.1) is 0 Å². The molecule has 2 aromatic rings. The molecule has 0 radical (unpaired) electrons. The van der Waals surface area contributed by atoms with Gasteiger partial charge >= 0.3 is 0 Å². The van der Waals surface area contributed by atoms with Gasteiger partial charge in [0.15, 0.2) is 5.78 Å². The summed E-state index contributed by atoms with van der Waals surface area (Å²) in [6.45, 7) is 6.08. The summed E-state index contributed by atoms with van der Waals surface area (Å²) in [7, 11) is 0. The molecule has 0 saturated heterocycles. The highest BCUT2D eigenvalue weighted by molar-refractivity contribution is 5.97. The van der Waals surface area contributed by atoms with E-state index in [1.165, 1.54) is 0 Å². The molecule has 1 atom stereocenters. The predicted molar refractivity (Wildman–Crippen MR) is 71.9 cm³/mol. The van der Waals surface area contributed by atoms with Crippen LogP contribution in [0.1, 0.15) is 31.1 Å². The summed E-state index contributed by atoms with van der Waals surface area (Å²) in [5.74, 6) is 0.531. The van der Waals surface area contributed by atoms with Gasteiger partial charge in [-0.25, -0.2) is 4.68 Å². The number of aromatic nitrogens is 2. The summed E-state index contributed by atoms with van der Waals surface area (Å²) < 4.78 is 1.74. The molecule has 1 unspecified atom stereocenters. The van der Waals surface area contributed by atoms with Gasteiger partial charge in [-0.1, -0.05) is 39.0 Å². The maximum absolute atomic E-state index is 12.2. The number of ketones is 1. The van der Waals surface area contributed by atoms with E-state index >= 15 is 0 Å². The summed E-state index contributed by atoms with van der Waals surface area (Å²) >= 11 is 0. The molecule has 0 saturated carbocycles. The standard InChI is InChI=1S/C15H18N2O/c1-11(2)12(3)15(18)13-9-16-17(10-13)14-7-5-4-6-8-14/h4-12H,1-3H3. The van der Waals surface area contributed by atoms with Crippen molar-refractivity contribution in [1.29, 1.82) is 0 Å². The van der Waals surface area contributed by atoms with Crippen LogP contribution in [0.3, 0.4) is 0 Å². The molecular formula is C15H18N2O. The molecule has 0 aliphatic rings. The highest BCUT2D eigenvalue weighted by atomic mass is 16.1. The van der Waals surface area contributed by atoms with Crippen LogP contribution in [0.15, 0.2) is 42.7 Å². The lowest BCUT2D eigenvalue weighted by molar-refractivity contribution is 0.0900. The largest absolute Gasteiger partial charge is 0.294 e. The third kappa shape index (κ3) is 2.50. The number of Topliss-reactive ketones (excluding diaryl/α,β-unsaturated/α-hetero) is 1. The molecule has 1 heterocycles. The van der Waals surface area contributed by atoms with E-state index in [0.717, 1.165) is 5.69 Å². The monoisotopic (exact) mass is 242 g/mol. The Hall–Kier alpha value is -1.90. The third-order valence-electron chi connectivity index (χ3n) is 3.30. The van der Waals surface area contributed by atoms with Gasteiger partial charge in [-0.05, 0) is 18.1 Å². The summed E-state index contributed by atoms with van der Waals surface area (Å²) in [5.41, 5.74) is 1.65. The second-order valence-corrected chi connectivity index (χ2v) is 4.91. The highest BCUT2D eigenvalue weighted by Crippen LogP contribution is 2.17. The Labute approximate surface area is 107 Å². The number of hydrogen-bond donors (Lipinski definition) is 0. The molecule has 1 aromatic carbocycles. The van der Waals surface area contributed by atoms with E-state index in [2.05, 4.69) is 18.9 Å². The Balaban J connectivity index is 2.24. The topological polar surface area (TPSA) is 34.9 Å². The lowest BCUT2D eigenvalue weighted by Gasteiger charge is -2.12. The van der Waals surface area contributed by atoms with Crippen molar-refractivity contribution in [3.05, 3.63) is 48.3 Å². The van der Waals surface area contributed by atoms with Crippen LogP contribution in [-0.2, 0) is 0 Å². The molecule has 3 nitrogen and oxygen atoms in total. The van der Waals surface area contributed by atoms with Crippen LogP contribution in [0.2, 0.25) is 0 Å². The fourth-order valence-corrected chi connectivity index (χ4v) is 1.74. The third-order valence-corrected chi connectivity index (χ3v) is 3.30. The van der Waals surface area contributed by atoms with Gasteiger partial charge in [0.25, 0.3) is 0 Å². The van der Waals surface area contributed by atoms with Crippen molar-refractivity contribution in [3.63, 3.8) is 0 Å². The first-order valence-corrected chi connectivity index (χ1v) is 6.24. The second-order valence-electron chi connectivity index (χ2n) is 4.91. The lowest BCUT2D eigenvalue weighted by atomic mass is 9.91. The average molecular weight is 242 g/mol. The fourth-order valence-electron chi connectivity index (χ4n) is 1.74. The number of carbonyl (C=O) groups excluding carboxylic acids is 1. The minimum atomic E-state index is 0.0263. The number of carbonyl (C=O) groups is 1.